The number of rotatable bonds is 3. The molecule has 2 nitrogen and oxygen atoms in total. The van der Waals surface area contributed by atoms with Gasteiger partial charge in [-0.1, -0.05) is 29.8 Å². The van der Waals surface area contributed by atoms with E-state index in [9.17, 15) is 4.39 Å². The van der Waals surface area contributed by atoms with Crippen LogP contribution in [0.15, 0.2) is 53.6 Å². The molecule has 0 saturated carbocycles. The molecule has 0 fully saturated rings. The van der Waals surface area contributed by atoms with Crippen LogP contribution in [-0.4, -0.2) is 6.21 Å². The summed E-state index contributed by atoms with van der Waals surface area (Å²) in [5.41, 5.74) is 4.04. The van der Waals surface area contributed by atoms with Gasteiger partial charge in [0.1, 0.15) is 5.82 Å². The number of nitrogens with one attached hydrogen (secondary N) is 1. The van der Waals surface area contributed by atoms with Crippen LogP contribution in [0.2, 0.25) is 5.02 Å². The zero-order valence-corrected chi connectivity index (χ0v) is 9.66. The molecule has 0 aliphatic heterocycles. The third-order valence-electron chi connectivity index (χ3n) is 2.13. The van der Waals surface area contributed by atoms with Gasteiger partial charge in [0.15, 0.2) is 0 Å². The molecule has 0 saturated heterocycles. The summed E-state index contributed by atoms with van der Waals surface area (Å²) in [6, 6.07) is 13.9. The van der Waals surface area contributed by atoms with E-state index in [-0.39, 0.29) is 0 Å². The van der Waals surface area contributed by atoms with Crippen LogP contribution in [0.4, 0.5) is 10.1 Å². The van der Waals surface area contributed by atoms with Gasteiger partial charge in [-0.25, -0.2) is 4.39 Å². The first-order valence-electron chi connectivity index (χ1n) is 5.05. The number of anilines is 1. The summed E-state index contributed by atoms with van der Waals surface area (Å²) in [4.78, 5) is 0. The highest BCUT2D eigenvalue weighted by Gasteiger charge is 1.99. The van der Waals surface area contributed by atoms with Crippen LogP contribution < -0.4 is 5.43 Å². The summed E-state index contributed by atoms with van der Waals surface area (Å²) >= 11 is 5.65. The largest absolute Gasteiger partial charge is 0.279 e. The summed E-state index contributed by atoms with van der Waals surface area (Å²) in [5.74, 6) is -0.392. The molecular formula is C13H10ClFN2. The maximum absolute atomic E-state index is 13.4. The average Bonchev–Trinajstić information content (AvgIpc) is 2.33. The number of hydrogen-bond donors (Lipinski definition) is 1. The van der Waals surface area contributed by atoms with Gasteiger partial charge < -0.3 is 0 Å². The van der Waals surface area contributed by atoms with E-state index >= 15 is 0 Å². The van der Waals surface area contributed by atoms with E-state index in [2.05, 4.69) is 10.5 Å². The van der Waals surface area contributed by atoms with Crippen LogP contribution in [0.25, 0.3) is 0 Å². The summed E-state index contributed by atoms with van der Waals surface area (Å²) in [7, 11) is 0. The van der Waals surface area contributed by atoms with Crippen molar-refractivity contribution >= 4 is 23.5 Å². The topological polar surface area (TPSA) is 24.4 Å². The molecule has 0 aromatic heterocycles. The predicted octanol–water partition coefficient (Wildman–Crippen LogP) is 3.93. The Balaban J connectivity index is 2.06. The molecule has 0 heterocycles. The highest BCUT2D eigenvalue weighted by molar-refractivity contribution is 6.30. The SMILES string of the molecule is Fc1cc(Cl)ccc1C=NNc1ccccc1. The first kappa shape index (κ1) is 11.6. The van der Waals surface area contributed by atoms with E-state index in [4.69, 9.17) is 11.6 Å². The molecular weight excluding hydrogens is 239 g/mol. The van der Waals surface area contributed by atoms with Crippen molar-refractivity contribution in [1.82, 2.24) is 0 Å². The fourth-order valence-electron chi connectivity index (χ4n) is 1.30. The predicted molar refractivity (Wildman–Crippen MR) is 69.1 cm³/mol. The number of hydrogen-bond acceptors (Lipinski definition) is 2. The highest BCUT2D eigenvalue weighted by atomic mass is 35.5. The van der Waals surface area contributed by atoms with Crippen LogP contribution in [-0.2, 0) is 0 Å². The molecule has 0 aliphatic rings. The zero-order valence-electron chi connectivity index (χ0n) is 8.90. The van der Waals surface area contributed by atoms with Crippen molar-refractivity contribution in [1.29, 1.82) is 0 Å². The zero-order chi connectivity index (χ0) is 12.1. The third kappa shape index (κ3) is 3.29. The second-order valence-corrected chi connectivity index (χ2v) is 3.84. The molecule has 0 amide bonds. The van der Waals surface area contributed by atoms with Crippen LogP contribution in [0.1, 0.15) is 5.56 Å². The van der Waals surface area contributed by atoms with Gasteiger partial charge in [-0.2, -0.15) is 5.10 Å². The van der Waals surface area contributed by atoms with Crippen molar-refractivity contribution < 1.29 is 4.39 Å². The van der Waals surface area contributed by atoms with Crippen molar-refractivity contribution in [3.8, 4) is 0 Å². The standard InChI is InChI=1S/C13H10ClFN2/c14-11-7-6-10(13(15)8-11)9-16-17-12-4-2-1-3-5-12/h1-9,17H. The monoisotopic (exact) mass is 248 g/mol. The Labute approximate surface area is 104 Å². The van der Waals surface area contributed by atoms with Crippen molar-refractivity contribution in [3.05, 3.63) is 64.9 Å². The molecule has 1 N–H and O–H groups in total. The Kier molecular flexibility index (Phi) is 3.73. The van der Waals surface area contributed by atoms with Crippen molar-refractivity contribution in [2.24, 2.45) is 5.10 Å². The Morgan fingerprint density at radius 3 is 2.59 bits per heavy atom. The average molecular weight is 249 g/mol. The van der Waals surface area contributed by atoms with Gasteiger partial charge in [0.2, 0.25) is 0 Å². The van der Waals surface area contributed by atoms with Gasteiger partial charge in [-0.3, -0.25) is 5.43 Å². The lowest BCUT2D eigenvalue weighted by molar-refractivity contribution is 0.626. The molecule has 0 atom stereocenters. The molecule has 17 heavy (non-hydrogen) atoms. The van der Waals surface area contributed by atoms with E-state index < -0.39 is 5.82 Å². The first-order chi connectivity index (χ1) is 8.25. The summed E-state index contributed by atoms with van der Waals surface area (Å²) < 4.78 is 13.4. The summed E-state index contributed by atoms with van der Waals surface area (Å²) in [5, 5.41) is 4.32. The summed E-state index contributed by atoms with van der Waals surface area (Å²) in [6.07, 6.45) is 1.42. The fourth-order valence-corrected chi connectivity index (χ4v) is 1.45. The van der Waals surface area contributed by atoms with Gasteiger partial charge in [0, 0.05) is 10.6 Å². The molecule has 0 spiro atoms. The van der Waals surface area contributed by atoms with Crippen LogP contribution in [0.3, 0.4) is 0 Å². The second kappa shape index (κ2) is 5.46. The van der Waals surface area contributed by atoms with Crippen LogP contribution in [0.5, 0.6) is 0 Å². The van der Waals surface area contributed by atoms with Gasteiger partial charge in [0.05, 0.1) is 11.9 Å². The normalized spacial score (nSPS) is 10.7. The van der Waals surface area contributed by atoms with E-state index in [1.54, 1.807) is 12.1 Å². The number of hydrazone groups is 1. The molecule has 2 aromatic rings. The number of halogens is 2. The molecule has 4 heteroatoms. The van der Waals surface area contributed by atoms with E-state index in [1.807, 2.05) is 30.3 Å². The smallest absolute Gasteiger partial charge is 0.133 e. The van der Waals surface area contributed by atoms with Gasteiger partial charge in [0.25, 0.3) is 0 Å². The van der Waals surface area contributed by atoms with Crippen molar-refractivity contribution in [2.45, 2.75) is 0 Å². The quantitative estimate of drug-likeness (QED) is 0.646. The first-order valence-corrected chi connectivity index (χ1v) is 5.43. The number of para-hydroxylation sites is 1. The molecule has 0 bridgehead atoms. The number of benzene rings is 2. The molecule has 0 radical (unpaired) electrons. The van der Waals surface area contributed by atoms with Crippen molar-refractivity contribution in [2.75, 3.05) is 5.43 Å². The Hall–Kier alpha value is -1.87. The van der Waals surface area contributed by atoms with Gasteiger partial charge in [-0.15, -0.1) is 0 Å². The minimum atomic E-state index is -0.392. The van der Waals surface area contributed by atoms with Gasteiger partial charge in [-0.05, 0) is 30.3 Å². The Bertz CT molecular complexity index is 526. The van der Waals surface area contributed by atoms with E-state index in [1.165, 1.54) is 12.3 Å². The Morgan fingerprint density at radius 2 is 1.88 bits per heavy atom. The fraction of sp³-hybridized carbons (Fsp3) is 0. The highest BCUT2D eigenvalue weighted by Crippen LogP contribution is 2.13. The van der Waals surface area contributed by atoms with Gasteiger partial charge >= 0.3 is 0 Å². The maximum atomic E-state index is 13.4. The minimum absolute atomic E-state index is 0.371. The Morgan fingerprint density at radius 1 is 1.12 bits per heavy atom. The van der Waals surface area contributed by atoms with Crippen molar-refractivity contribution in [3.63, 3.8) is 0 Å². The number of nitrogens with zero attached hydrogens (tertiary/aromatic N) is 1. The summed E-state index contributed by atoms with van der Waals surface area (Å²) in [6.45, 7) is 0. The third-order valence-corrected chi connectivity index (χ3v) is 2.37. The second-order valence-electron chi connectivity index (χ2n) is 3.40. The lowest BCUT2D eigenvalue weighted by Crippen LogP contribution is -1.92. The molecule has 86 valence electrons. The maximum Gasteiger partial charge on any atom is 0.133 e. The molecule has 0 aliphatic carbocycles. The molecule has 2 rings (SSSR count). The van der Waals surface area contributed by atoms with E-state index in [0.29, 0.717) is 10.6 Å². The van der Waals surface area contributed by atoms with E-state index in [0.717, 1.165) is 5.69 Å². The molecule has 2 aromatic carbocycles. The van der Waals surface area contributed by atoms with Crippen LogP contribution >= 0.6 is 11.6 Å². The minimum Gasteiger partial charge on any atom is -0.279 e. The van der Waals surface area contributed by atoms with Crippen LogP contribution in [0, 0.1) is 5.82 Å². The lowest BCUT2D eigenvalue weighted by atomic mass is 10.2. The molecule has 0 unspecified atom stereocenters. The lowest BCUT2D eigenvalue weighted by Gasteiger charge is -1.99.